The Kier molecular flexibility index (Phi) is 4.59. The van der Waals surface area contributed by atoms with Gasteiger partial charge in [0.1, 0.15) is 4.90 Å². The Hall–Kier alpha value is -1.93. The first-order valence-electron chi connectivity index (χ1n) is 6.60. The zero-order valence-electron chi connectivity index (χ0n) is 12.3. The van der Waals surface area contributed by atoms with Crippen LogP contribution < -0.4 is 10.0 Å². The maximum Gasteiger partial charge on any atom is 0.244 e. The van der Waals surface area contributed by atoms with E-state index >= 15 is 0 Å². The summed E-state index contributed by atoms with van der Waals surface area (Å²) in [5.74, 6) is 0. The molecule has 2 aromatic rings. The molecule has 0 radical (unpaired) electrons. The first-order chi connectivity index (χ1) is 9.94. The number of anilines is 1. The summed E-state index contributed by atoms with van der Waals surface area (Å²) in [5, 5.41) is 7.21. The van der Waals surface area contributed by atoms with Crippen LogP contribution in [0.3, 0.4) is 0 Å². The second-order valence-electron chi connectivity index (χ2n) is 4.64. The molecule has 2 N–H and O–H groups in total. The quantitative estimate of drug-likeness (QED) is 0.832. The third-order valence-corrected chi connectivity index (χ3v) is 4.44. The molecule has 0 aromatic carbocycles. The van der Waals surface area contributed by atoms with Crippen LogP contribution in [-0.2, 0) is 23.6 Å². The van der Waals surface area contributed by atoms with Gasteiger partial charge in [0.2, 0.25) is 10.0 Å². The summed E-state index contributed by atoms with van der Waals surface area (Å²) < 4.78 is 29.0. The molecule has 0 atom stereocenters. The molecule has 0 saturated carbocycles. The van der Waals surface area contributed by atoms with Crippen molar-refractivity contribution in [3.05, 3.63) is 35.9 Å². The van der Waals surface area contributed by atoms with Crippen LogP contribution in [0.4, 0.5) is 5.69 Å². The summed E-state index contributed by atoms with van der Waals surface area (Å²) in [6.45, 7) is 4.58. The van der Waals surface area contributed by atoms with Crippen molar-refractivity contribution in [2.75, 3.05) is 11.9 Å². The van der Waals surface area contributed by atoms with Crippen molar-refractivity contribution >= 4 is 15.7 Å². The van der Waals surface area contributed by atoms with E-state index in [1.807, 2.05) is 13.8 Å². The van der Waals surface area contributed by atoms with Gasteiger partial charge in [0, 0.05) is 44.3 Å². The molecule has 2 heterocycles. The average molecular weight is 309 g/mol. The molecule has 114 valence electrons. The molecule has 0 saturated heterocycles. The number of hydrogen-bond acceptors (Lipinski definition) is 5. The summed E-state index contributed by atoms with van der Waals surface area (Å²) in [6, 6.07) is 1.65. The Morgan fingerprint density at radius 3 is 2.76 bits per heavy atom. The van der Waals surface area contributed by atoms with Gasteiger partial charge < -0.3 is 5.32 Å². The molecule has 0 bridgehead atoms. The zero-order chi connectivity index (χ0) is 15.5. The Balaban J connectivity index is 2.21. The van der Waals surface area contributed by atoms with Crippen molar-refractivity contribution in [2.45, 2.75) is 25.3 Å². The van der Waals surface area contributed by atoms with E-state index in [9.17, 15) is 8.42 Å². The minimum atomic E-state index is -3.63. The molecule has 0 amide bonds. The van der Waals surface area contributed by atoms with E-state index in [-0.39, 0.29) is 11.4 Å². The Labute approximate surface area is 124 Å². The SMILES string of the molecule is CCNc1ccncc1S(=O)(=O)NCc1cn(C)nc1C. The van der Waals surface area contributed by atoms with E-state index < -0.39 is 10.0 Å². The van der Waals surface area contributed by atoms with Crippen molar-refractivity contribution in [3.63, 3.8) is 0 Å². The van der Waals surface area contributed by atoms with Gasteiger partial charge in [0.25, 0.3) is 0 Å². The van der Waals surface area contributed by atoms with Crippen molar-refractivity contribution in [1.82, 2.24) is 19.5 Å². The van der Waals surface area contributed by atoms with Gasteiger partial charge in [0.15, 0.2) is 0 Å². The largest absolute Gasteiger partial charge is 0.384 e. The molecule has 0 aliphatic heterocycles. The number of pyridine rings is 1. The summed E-state index contributed by atoms with van der Waals surface area (Å²) in [6.07, 6.45) is 4.70. The van der Waals surface area contributed by atoms with Gasteiger partial charge in [-0.25, -0.2) is 13.1 Å². The number of hydrogen-bond donors (Lipinski definition) is 2. The zero-order valence-corrected chi connectivity index (χ0v) is 13.1. The van der Waals surface area contributed by atoms with E-state index in [0.717, 1.165) is 11.3 Å². The van der Waals surface area contributed by atoms with Crippen molar-refractivity contribution in [1.29, 1.82) is 0 Å². The number of aryl methyl sites for hydroxylation is 2. The second kappa shape index (κ2) is 6.23. The smallest absolute Gasteiger partial charge is 0.244 e. The van der Waals surface area contributed by atoms with Crippen LogP contribution in [0.15, 0.2) is 29.6 Å². The summed E-state index contributed by atoms with van der Waals surface area (Å²) in [5.41, 5.74) is 2.19. The molecule has 2 aromatic heterocycles. The van der Waals surface area contributed by atoms with E-state index in [4.69, 9.17) is 0 Å². The number of nitrogens with zero attached hydrogens (tertiary/aromatic N) is 3. The van der Waals surface area contributed by atoms with Crippen LogP contribution >= 0.6 is 0 Å². The molecule has 0 unspecified atom stereocenters. The standard InChI is InChI=1S/C13H19N5O2S/c1-4-15-12-5-6-14-8-13(12)21(19,20)16-7-11-9-18(3)17-10(11)2/h5-6,8-9,16H,4,7H2,1-3H3,(H,14,15). The number of rotatable bonds is 6. The minimum Gasteiger partial charge on any atom is -0.384 e. The molecular formula is C13H19N5O2S. The summed E-state index contributed by atoms with van der Waals surface area (Å²) in [7, 11) is -1.83. The maximum absolute atomic E-state index is 12.4. The maximum atomic E-state index is 12.4. The Morgan fingerprint density at radius 1 is 1.38 bits per heavy atom. The highest BCUT2D eigenvalue weighted by Crippen LogP contribution is 2.19. The van der Waals surface area contributed by atoms with Crippen molar-refractivity contribution in [3.8, 4) is 0 Å². The predicted molar refractivity (Wildman–Crippen MR) is 80.4 cm³/mol. The fourth-order valence-electron chi connectivity index (χ4n) is 2.00. The summed E-state index contributed by atoms with van der Waals surface area (Å²) >= 11 is 0. The van der Waals surface area contributed by atoms with Gasteiger partial charge in [-0.3, -0.25) is 9.67 Å². The molecule has 7 nitrogen and oxygen atoms in total. The van der Waals surface area contributed by atoms with Gasteiger partial charge in [-0.05, 0) is 19.9 Å². The fourth-order valence-corrected chi connectivity index (χ4v) is 3.13. The summed E-state index contributed by atoms with van der Waals surface area (Å²) in [4.78, 5) is 4.04. The molecule has 0 aliphatic rings. The van der Waals surface area contributed by atoms with Crippen molar-refractivity contribution < 1.29 is 8.42 Å². The highest BCUT2D eigenvalue weighted by molar-refractivity contribution is 7.89. The average Bonchev–Trinajstić information content (AvgIpc) is 2.76. The number of sulfonamides is 1. The van der Waals surface area contributed by atoms with Crippen LogP contribution in [0.25, 0.3) is 0 Å². The van der Waals surface area contributed by atoms with Crippen LogP contribution in [0.1, 0.15) is 18.2 Å². The molecule has 8 heteroatoms. The lowest BCUT2D eigenvalue weighted by Gasteiger charge is -2.11. The van der Waals surface area contributed by atoms with Crippen LogP contribution in [0.2, 0.25) is 0 Å². The third-order valence-electron chi connectivity index (χ3n) is 3.01. The number of nitrogens with one attached hydrogen (secondary N) is 2. The highest BCUT2D eigenvalue weighted by Gasteiger charge is 2.19. The van der Waals surface area contributed by atoms with E-state index in [2.05, 4.69) is 20.1 Å². The molecule has 0 aliphatic carbocycles. The van der Waals surface area contributed by atoms with E-state index in [0.29, 0.717) is 12.2 Å². The fraction of sp³-hybridized carbons (Fsp3) is 0.385. The molecular weight excluding hydrogens is 290 g/mol. The molecule has 0 fully saturated rings. The van der Waals surface area contributed by atoms with Crippen LogP contribution in [0, 0.1) is 6.92 Å². The Bertz CT molecular complexity index is 724. The first-order valence-corrected chi connectivity index (χ1v) is 8.09. The van der Waals surface area contributed by atoms with Crippen LogP contribution in [-0.4, -0.2) is 29.7 Å². The van der Waals surface area contributed by atoms with Gasteiger partial charge in [0.05, 0.1) is 11.4 Å². The highest BCUT2D eigenvalue weighted by atomic mass is 32.2. The first kappa shape index (κ1) is 15.5. The van der Waals surface area contributed by atoms with Crippen LogP contribution in [0.5, 0.6) is 0 Å². The lowest BCUT2D eigenvalue weighted by molar-refractivity contribution is 0.581. The van der Waals surface area contributed by atoms with Gasteiger partial charge in [-0.1, -0.05) is 0 Å². The monoisotopic (exact) mass is 309 g/mol. The molecule has 2 rings (SSSR count). The predicted octanol–water partition coefficient (Wildman–Crippen LogP) is 1.03. The van der Waals surface area contributed by atoms with Gasteiger partial charge in [-0.15, -0.1) is 0 Å². The van der Waals surface area contributed by atoms with Crippen molar-refractivity contribution in [2.24, 2.45) is 7.05 Å². The molecule has 0 spiro atoms. The van der Waals surface area contributed by atoms with E-state index in [1.165, 1.54) is 6.20 Å². The third kappa shape index (κ3) is 3.59. The molecule has 21 heavy (non-hydrogen) atoms. The topological polar surface area (TPSA) is 88.9 Å². The minimum absolute atomic E-state index is 0.147. The lowest BCUT2D eigenvalue weighted by atomic mass is 10.3. The lowest BCUT2D eigenvalue weighted by Crippen LogP contribution is -2.24. The van der Waals surface area contributed by atoms with Gasteiger partial charge >= 0.3 is 0 Å². The Morgan fingerprint density at radius 2 is 2.14 bits per heavy atom. The number of aromatic nitrogens is 3. The second-order valence-corrected chi connectivity index (χ2v) is 6.38. The normalized spacial score (nSPS) is 11.6. The van der Waals surface area contributed by atoms with Gasteiger partial charge in [-0.2, -0.15) is 5.10 Å². The van der Waals surface area contributed by atoms with E-state index in [1.54, 1.807) is 30.2 Å².